The monoisotopic (exact) mass is 315 g/mol. The van der Waals surface area contributed by atoms with Crippen molar-refractivity contribution in [3.05, 3.63) is 52.5 Å². The molecule has 0 N–H and O–H groups in total. The molecule has 1 heterocycles. The zero-order chi connectivity index (χ0) is 13.6. The Balaban J connectivity index is 2.10. The molecule has 0 bridgehead atoms. The van der Waals surface area contributed by atoms with Crippen LogP contribution in [0.3, 0.4) is 0 Å². The number of imide groups is 1. The van der Waals surface area contributed by atoms with Gasteiger partial charge in [-0.3, -0.25) is 9.59 Å². The molecule has 0 aliphatic carbocycles. The van der Waals surface area contributed by atoms with Gasteiger partial charge in [0.1, 0.15) is 0 Å². The van der Waals surface area contributed by atoms with Gasteiger partial charge in [-0.05, 0) is 42.0 Å². The molecule has 0 saturated heterocycles. The smallest absolute Gasteiger partial charge is 0.261 e. The van der Waals surface area contributed by atoms with E-state index in [0.29, 0.717) is 11.3 Å². The highest BCUT2D eigenvalue weighted by Crippen LogP contribution is 2.27. The quantitative estimate of drug-likeness (QED) is 0.756. The third kappa shape index (κ3) is 1.98. The molecule has 19 heavy (non-hydrogen) atoms. The van der Waals surface area contributed by atoms with Crippen LogP contribution in [-0.2, 0) is 9.59 Å². The zero-order valence-corrected chi connectivity index (χ0v) is 11.8. The van der Waals surface area contributed by atoms with Crippen molar-refractivity contribution < 1.29 is 9.59 Å². The molecule has 3 rings (SSSR count). The SMILES string of the molecule is CC1=CC(=O)N(c2ccc3cc(Br)ccc3c2)C1=O. The van der Waals surface area contributed by atoms with E-state index < -0.39 is 0 Å². The Morgan fingerprint density at radius 1 is 1.00 bits per heavy atom. The lowest BCUT2D eigenvalue weighted by atomic mass is 10.1. The van der Waals surface area contributed by atoms with Crippen molar-refractivity contribution in [2.24, 2.45) is 0 Å². The Bertz CT molecular complexity index is 749. The van der Waals surface area contributed by atoms with Gasteiger partial charge in [0, 0.05) is 16.1 Å². The summed E-state index contributed by atoms with van der Waals surface area (Å²) >= 11 is 3.42. The normalized spacial score (nSPS) is 15.3. The Hall–Kier alpha value is -1.94. The van der Waals surface area contributed by atoms with Crippen LogP contribution in [-0.4, -0.2) is 11.8 Å². The van der Waals surface area contributed by atoms with Crippen molar-refractivity contribution in [2.45, 2.75) is 6.92 Å². The fraction of sp³-hybridized carbons (Fsp3) is 0.0667. The van der Waals surface area contributed by atoms with Gasteiger partial charge in [0.15, 0.2) is 0 Å². The van der Waals surface area contributed by atoms with Crippen molar-refractivity contribution in [1.82, 2.24) is 0 Å². The highest BCUT2D eigenvalue weighted by molar-refractivity contribution is 9.10. The van der Waals surface area contributed by atoms with Crippen molar-refractivity contribution in [1.29, 1.82) is 0 Å². The number of anilines is 1. The first-order valence-corrected chi connectivity index (χ1v) is 6.61. The topological polar surface area (TPSA) is 37.4 Å². The molecule has 0 unspecified atom stereocenters. The second-order valence-corrected chi connectivity index (χ2v) is 5.40. The number of rotatable bonds is 1. The lowest BCUT2D eigenvalue weighted by Crippen LogP contribution is -2.30. The predicted molar refractivity (Wildman–Crippen MR) is 77.9 cm³/mol. The number of amides is 2. The summed E-state index contributed by atoms with van der Waals surface area (Å²) in [5, 5.41) is 2.05. The van der Waals surface area contributed by atoms with Crippen LogP contribution in [0.1, 0.15) is 6.92 Å². The molecule has 0 fully saturated rings. The molecule has 2 amide bonds. The van der Waals surface area contributed by atoms with E-state index in [-0.39, 0.29) is 11.8 Å². The summed E-state index contributed by atoms with van der Waals surface area (Å²) in [5.41, 5.74) is 1.08. The van der Waals surface area contributed by atoms with E-state index in [2.05, 4.69) is 15.9 Å². The number of nitrogens with zero attached hydrogens (tertiary/aromatic N) is 1. The third-order valence-corrected chi connectivity index (χ3v) is 3.64. The van der Waals surface area contributed by atoms with E-state index in [1.165, 1.54) is 11.0 Å². The van der Waals surface area contributed by atoms with Gasteiger partial charge in [0.2, 0.25) is 0 Å². The van der Waals surface area contributed by atoms with Crippen LogP contribution in [0.25, 0.3) is 10.8 Å². The molecule has 2 aromatic rings. The fourth-order valence-electron chi connectivity index (χ4n) is 2.18. The summed E-state index contributed by atoms with van der Waals surface area (Å²) in [6, 6.07) is 11.4. The van der Waals surface area contributed by atoms with E-state index in [0.717, 1.165) is 15.2 Å². The molecule has 2 aromatic carbocycles. The molecule has 1 aliphatic heterocycles. The van der Waals surface area contributed by atoms with Crippen molar-refractivity contribution >= 4 is 44.2 Å². The van der Waals surface area contributed by atoms with Gasteiger partial charge in [-0.1, -0.05) is 28.1 Å². The number of hydrogen-bond donors (Lipinski definition) is 0. The number of carbonyl (C=O) groups is 2. The molecule has 0 spiro atoms. The predicted octanol–water partition coefficient (Wildman–Crippen LogP) is 3.42. The molecule has 0 atom stereocenters. The van der Waals surface area contributed by atoms with Crippen LogP contribution in [0, 0.1) is 0 Å². The summed E-state index contributed by atoms with van der Waals surface area (Å²) in [5.74, 6) is -0.527. The summed E-state index contributed by atoms with van der Waals surface area (Å²) in [7, 11) is 0. The van der Waals surface area contributed by atoms with Crippen LogP contribution in [0.4, 0.5) is 5.69 Å². The van der Waals surface area contributed by atoms with E-state index in [4.69, 9.17) is 0 Å². The summed E-state index contributed by atoms with van der Waals surface area (Å²) < 4.78 is 0.999. The fourth-order valence-corrected chi connectivity index (χ4v) is 2.55. The van der Waals surface area contributed by atoms with E-state index >= 15 is 0 Å². The number of halogens is 1. The number of carbonyl (C=O) groups excluding carboxylic acids is 2. The van der Waals surface area contributed by atoms with Crippen molar-refractivity contribution in [2.75, 3.05) is 4.90 Å². The molecular formula is C15H10BrNO2. The molecule has 1 aliphatic rings. The Labute approximate surface area is 118 Å². The van der Waals surface area contributed by atoms with Gasteiger partial charge in [-0.2, -0.15) is 0 Å². The maximum Gasteiger partial charge on any atom is 0.261 e. The molecule has 0 aromatic heterocycles. The Morgan fingerprint density at radius 3 is 2.37 bits per heavy atom. The van der Waals surface area contributed by atoms with Crippen LogP contribution in [0.2, 0.25) is 0 Å². The summed E-state index contributed by atoms with van der Waals surface area (Å²) in [4.78, 5) is 24.9. The third-order valence-electron chi connectivity index (χ3n) is 3.14. The van der Waals surface area contributed by atoms with Gasteiger partial charge in [-0.15, -0.1) is 0 Å². The van der Waals surface area contributed by atoms with E-state index in [1.54, 1.807) is 13.0 Å². The van der Waals surface area contributed by atoms with E-state index in [9.17, 15) is 9.59 Å². The molecule has 4 heteroatoms. The number of benzene rings is 2. The maximum atomic E-state index is 11.9. The van der Waals surface area contributed by atoms with Gasteiger partial charge in [-0.25, -0.2) is 4.90 Å². The average molecular weight is 316 g/mol. The standard InChI is InChI=1S/C15H10BrNO2/c1-9-6-14(18)17(15(9)19)13-5-3-10-7-12(16)4-2-11(10)8-13/h2-8H,1H3. The van der Waals surface area contributed by atoms with Crippen LogP contribution in [0.15, 0.2) is 52.5 Å². The first-order valence-electron chi connectivity index (χ1n) is 5.82. The maximum absolute atomic E-state index is 11.9. The molecular weight excluding hydrogens is 306 g/mol. The second-order valence-electron chi connectivity index (χ2n) is 4.48. The molecule has 3 nitrogen and oxygen atoms in total. The minimum atomic E-state index is -0.279. The lowest BCUT2D eigenvalue weighted by Gasteiger charge is -2.15. The highest BCUT2D eigenvalue weighted by atomic mass is 79.9. The van der Waals surface area contributed by atoms with Gasteiger partial charge in [0.05, 0.1) is 5.69 Å². The van der Waals surface area contributed by atoms with Crippen LogP contribution in [0.5, 0.6) is 0 Å². The summed E-state index contributed by atoms with van der Waals surface area (Å²) in [6.45, 7) is 1.65. The largest absolute Gasteiger partial charge is 0.269 e. The Morgan fingerprint density at radius 2 is 1.68 bits per heavy atom. The van der Waals surface area contributed by atoms with Gasteiger partial charge < -0.3 is 0 Å². The summed E-state index contributed by atoms with van der Waals surface area (Å²) in [6.07, 6.45) is 1.37. The Kier molecular flexibility index (Phi) is 2.75. The van der Waals surface area contributed by atoms with Crippen molar-refractivity contribution in [3.63, 3.8) is 0 Å². The average Bonchev–Trinajstić information content (AvgIpc) is 2.63. The minimum absolute atomic E-state index is 0.249. The molecule has 94 valence electrons. The van der Waals surface area contributed by atoms with Crippen LogP contribution >= 0.6 is 15.9 Å². The van der Waals surface area contributed by atoms with Crippen LogP contribution < -0.4 is 4.90 Å². The number of fused-ring (bicyclic) bond motifs is 1. The lowest BCUT2D eigenvalue weighted by molar-refractivity contribution is -0.120. The van der Waals surface area contributed by atoms with E-state index in [1.807, 2.05) is 30.3 Å². The highest BCUT2D eigenvalue weighted by Gasteiger charge is 2.29. The molecule has 0 saturated carbocycles. The van der Waals surface area contributed by atoms with Gasteiger partial charge >= 0.3 is 0 Å². The minimum Gasteiger partial charge on any atom is -0.269 e. The number of hydrogen-bond acceptors (Lipinski definition) is 2. The van der Waals surface area contributed by atoms with Crippen molar-refractivity contribution in [3.8, 4) is 0 Å². The first kappa shape index (κ1) is 12.1. The second kappa shape index (κ2) is 4.31. The molecule has 0 radical (unpaired) electrons. The first-order chi connectivity index (χ1) is 9.06. The zero-order valence-electron chi connectivity index (χ0n) is 10.2. The van der Waals surface area contributed by atoms with Gasteiger partial charge in [0.25, 0.3) is 11.8 Å².